The summed E-state index contributed by atoms with van der Waals surface area (Å²) in [5, 5.41) is 11.2. The number of hydrogen-bond acceptors (Lipinski definition) is 13. The molecule has 3 aliphatic heterocycles. The molecule has 4 amide bonds. The zero-order chi connectivity index (χ0) is 44.0. The number of likely N-dealkylation sites (tertiary alicyclic amines) is 1. The number of piperazine rings is 1. The molecule has 3 fully saturated rings. The lowest BCUT2D eigenvalue weighted by Gasteiger charge is -2.38. The van der Waals surface area contributed by atoms with Crippen LogP contribution in [0.15, 0.2) is 72.9 Å². The Kier molecular flexibility index (Phi) is 13.3. The van der Waals surface area contributed by atoms with Gasteiger partial charge >= 0.3 is 12.3 Å². The number of nitrogens with zero attached hydrogens (tertiary/aromatic N) is 6. The topological polar surface area (TPSA) is 174 Å². The molecule has 3 saturated heterocycles. The Morgan fingerprint density at radius 1 is 0.887 bits per heavy atom. The molecule has 16 nitrogen and oxygen atoms in total. The number of methoxy groups -OCH3 is 1. The molecule has 19 heteroatoms. The minimum absolute atomic E-state index is 0.00962. The maximum Gasteiger partial charge on any atom is 0.421 e. The molecule has 1 unspecified atom stereocenters. The van der Waals surface area contributed by atoms with Crippen molar-refractivity contribution in [3.63, 3.8) is 0 Å². The van der Waals surface area contributed by atoms with E-state index in [1.807, 2.05) is 29.2 Å². The van der Waals surface area contributed by atoms with E-state index in [0.29, 0.717) is 69.1 Å². The second-order valence-electron chi connectivity index (χ2n) is 15.5. The molecule has 0 saturated carbocycles. The van der Waals surface area contributed by atoms with E-state index in [1.165, 1.54) is 43.8 Å². The average molecular weight is 859 g/mol. The normalized spacial score (nSPS) is 17.5. The number of para-hydroxylation sites is 2. The quantitative estimate of drug-likeness (QED) is 0.126. The number of hydrogen-bond donors (Lipinski definition) is 4. The Morgan fingerprint density at radius 2 is 1.60 bits per heavy atom. The standard InChI is InChI=1S/C43H49F3N10O6/c1-53(2)42(60)62-35-7-5-4-6-32(35)49-39-31(43(44,45)46)25-47-41(52-39)50-33-13-12-30(24-36(33)61-3)55-20-22-56(23-21-55)38(58)26-54-18-16-28(17-19-54)27-8-10-29(11-9-27)48-34-14-15-37(57)51-40(34)59/h4-13,24-25,28,34,48H,14-23,26H2,1-3H3,(H,51,57,59)(H2,47,49,50,52). The summed E-state index contributed by atoms with van der Waals surface area (Å²) in [6.07, 6.45) is -2.18. The fraction of sp³-hybridized carbons (Fsp3) is 0.395. The number of alkyl halides is 3. The lowest BCUT2D eigenvalue weighted by molar-refractivity contribution is -0.137. The number of nitrogens with one attached hydrogen (secondary N) is 4. The number of halogens is 3. The van der Waals surface area contributed by atoms with Crippen molar-refractivity contribution in [3.8, 4) is 11.5 Å². The summed E-state index contributed by atoms with van der Waals surface area (Å²) in [7, 11) is 4.45. The zero-order valence-electron chi connectivity index (χ0n) is 34.6. The fourth-order valence-corrected chi connectivity index (χ4v) is 7.63. The molecule has 0 radical (unpaired) electrons. The van der Waals surface area contributed by atoms with Crippen molar-refractivity contribution in [3.05, 3.63) is 84.1 Å². The smallest absolute Gasteiger partial charge is 0.421 e. The van der Waals surface area contributed by atoms with E-state index in [9.17, 15) is 32.3 Å². The number of anilines is 6. The summed E-state index contributed by atoms with van der Waals surface area (Å²) in [5.41, 5.74) is 2.29. The van der Waals surface area contributed by atoms with E-state index in [-0.39, 0.29) is 35.1 Å². The summed E-state index contributed by atoms with van der Waals surface area (Å²) in [6, 6.07) is 19.1. The van der Waals surface area contributed by atoms with E-state index in [0.717, 1.165) is 37.3 Å². The SMILES string of the molecule is COc1cc(N2CCN(C(=O)CN3CCC(c4ccc(NC5CCC(=O)NC5=O)cc4)CC3)CC2)ccc1Nc1ncc(C(F)(F)F)c(Nc2ccccc2OC(=O)N(C)C)n1. The van der Waals surface area contributed by atoms with Gasteiger partial charge in [0.05, 0.1) is 25.0 Å². The van der Waals surface area contributed by atoms with Crippen molar-refractivity contribution in [1.29, 1.82) is 0 Å². The van der Waals surface area contributed by atoms with Gasteiger partial charge in [0.2, 0.25) is 23.7 Å². The van der Waals surface area contributed by atoms with Crippen LogP contribution >= 0.6 is 0 Å². The highest BCUT2D eigenvalue weighted by Crippen LogP contribution is 2.38. The van der Waals surface area contributed by atoms with Crippen LogP contribution in [-0.2, 0) is 20.6 Å². The molecule has 4 aromatic rings. The summed E-state index contributed by atoms with van der Waals surface area (Å²) in [5.74, 6) is -0.352. The Bertz CT molecular complexity index is 2260. The van der Waals surface area contributed by atoms with Crippen LogP contribution in [0, 0.1) is 0 Å². The lowest BCUT2D eigenvalue weighted by atomic mass is 9.89. The third kappa shape index (κ3) is 10.6. The van der Waals surface area contributed by atoms with Crippen molar-refractivity contribution in [2.45, 2.75) is 43.8 Å². The van der Waals surface area contributed by atoms with Gasteiger partial charge in [-0.1, -0.05) is 24.3 Å². The first-order valence-electron chi connectivity index (χ1n) is 20.3. The number of ether oxygens (including phenoxy) is 2. The molecule has 0 aliphatic carbocycles. The number of carbonyl (C=O) groups excluding carboxylic acids is 4. The van der Waals surface area contributed by atoms with Crippen LogP contribution in [0.4, 0.5) is 52.5 Å². The highest BCUT2D eigenvalue weighted by Gasteiger charge is 2.36. The molecule has 62 heavy (non-hydrogen) atoms. The Labute approximate surface area is 356 Å². The summed E-state index contributed by atoms with van der Waals surface area (Å²) in [6.45, 7) is 4.26. The number of aromatic nitrogens is 2. The maximum atomic E-state index is 14.1. The van der Waals surface area contributed by atoms with Gasteiger partial charge in [-0.05, 0) is 80.2 Å². The molecular formula is C43H49F3N10O6. The van der Waals surface area contributed by atoms with Gasteiger partial charge in [-0.3, -0.25) is 24.6 Å². The van der Waals surface area contributed by atoms with Gasteiger partial charge in [-0.15, -0.1) is 0 Å². The van der Waals surface area contributed by atoms with Crippen molar-refractivity contribution >= 4 is 58.3 Å². The van der Waals surface area contributed by atoms with Crippen molar-refractivity contribution < 1.29 is 41.8 Å². The van der Waals surface area contributed by atoms with Gasteiger partial charge < -0.3 is 40.1 Å². The predicted molar refractivity (Wildman–Crippen MR) is 226 cm³/mol. The van der Waals surface area contributed by atoms with Gasteiger partial charge in [-0.2, -0.15) is 18.2 Å². The molecule has 0 bridgehead atoms. The minimum atomic E-state index is -4.79. The maximum absolute atomic E-state index is 14.1. The second-order valence-corrected chi connectivity index (χ2v) is 15.5. The molecule has 0 spiro atoms. The first kappa shape index (κ1) is 43.5. The molecule has 3 aliphatic rings. The first-order valence-corrected chi connectivity index (χ1v) is 20.3. The Morgan fingerprint density at radius 3 is 2.27 bits per heavy atom. The third-order valence-corrected chi connectivity index (χ3v) is 11.1. The number of benzene rings is 3. The molecular weight excluding hydrogens is 810 g/mol. The molecule has 3 aromatic carbocycles. The number of imide groups is 1. The molecule has 1 aromatic heterocycles. The van der Waals surface area contributed by atoms with Crippen LogP contribution in [0.2, 0.25) is 0 Å². The first-order chi connectivity index (χ1) is 29.7. The van der Waals surface area contributed by atoms with Crippen LogP contribution < -0.4 is 35.6 Å². The van der Waals surface area contributed by atoms with Gasteiger partial charge in [0, 0.05) is 70.3 Å². The fourth-order valence-electron chi connectivity index (χ4n) is 7.63. The largest absolute Gasteiger partial charge is 0.494 e. The highest BCUT2D eigenvalue weighted by atomic mass is 19.4. The average Bonchev–Trinajstić information content (AvgIpc) is 3.25. The van der Waals surface area contributed by atoms with Crippen molar-refractivity contribution in [1.82, 2.24) is 30.0 Å². The minimum Gasteiger partial charge on any atom is -0.494 e. The van der Waals surface area contributed by atoms with Crippen molar-refractivity contribution in [2.75, 3.05) is 87.9 Å². The number of carbonyl (C=O) groups is 4. The second kappa shape index (κ2) is 19.0. The highest BCUT2D eigenvalue weighted by molar-refractivity contribution is 6.01. The predicted octanol–water partition coefficient (Wildman–Crippen LogP) is 5.80. The van der Waals surface area contributed by atoms with E-state index in [1.54, 1.807) is 18.2 Å². The number of piperidine rings is 2. The van der Waals surface area contributed by atoms with Gasteiger partial charge in [0.1, 0.15) is 23.2 Å². The summed E-state index contributed by atoms with van der Waals surface area (Å²) >= 11 is 0. The van der Waals surface area contributed by atoms with E-state index < -0.39 is 29.7 Å². The molecule has 4 N–H and O–H groups in total. The van der Waals surface area contributed by atoms with Gasteiger partial charge in [-0.25, -0.2) is 9.78 Å². The zero-order valence-corrected chi connectivity index (χ0v) is 34.6. The van der Waals surface area contributed by atoms with E-state index in [4.69, 9.17) is 9.47 Å². The molecule has 4 heterocycles. The van der Waals surface area contributed by atoms with Crippen LogP contribution in [0.25, 0.3) is 0 Å². The Hall–Kier alpha value is -6.63. The van der Waals surface area contributed by atoms with Crippen LogP contribution in [-0.4, -0.2) is 122 Å². The number of rotatable bonds is 12. The third-order valence-electron chi connectivity index (χ3n) is 11.1. The van der Waals surface area contributed by atoms with E-state index in [2.05, 4.69) is 53.2 Å². The Balaban J connectivity index is 0.908. The summed E-state index contributed by atoms with van der Waals surface area (Å²) in [4.78, 5) is 64.7. The van der Waals surface area contributed by atoms with Crippen molar-refractivity contribution in [2.24, 2.45) is 0 Å². The molecule has 328 valence electrons. The summed E-state index contributed by atoms with van der Waals surface area (Å²) < 4.78 is 53.2. The monoisotopic (exact) mass is 858 g/mol. The molecule has 7 rings (SSSR count). The van der Waals surface area contributed by atoms with E-state index >= 15 is 0 Å². The number of amides is 4. The van der Waals surface area contributed by atoms with Crippen LogP contribution in [0.1, 0.15) is 42.7 Å². The molecule has 1 atom stereocenters. The lowest BCUT2D eigenvalue weighted by Crippen LogP contribution is -2.51. The van der Waals surface area contributed by atoms with Crippen LogP contribution in [0.5, 0.6) is 11.5 Å². The van der Waals surface area contributed by atoms with Gasteiger partial charge in [0.15, 0.2) is 5.75 Å². The van der Waals surface area contributed by atoms with Gasteiger partial charge in [0.25, 0.3) is 0 Å². The van der Waals surface area contributed by atoms with Crippen LogP contribution in [0.3, 0.4) is 0 Å².